The topological polar surface area (TPSA) is 67.2 Å². The van der Waals surface area contributed by atoms with Gasteiger partial charge in [0.1, 0.15) is 12.1 Å². The summed E-state index contributed by atoms with van der Waals surface area (Å²) in [5, 5.41) is 11.3. The maximum absolute atomic E-state index is 13.1. The van der Waals surface area contributed by atoms with Crippen molar-refractivity contribution in [3.8, 4) is 0 Å². The SMILES string of the molecule is O=C(C1CCC(Cn2cnnn2)CC1)N1CCN(c2ccc(F)cc2)CC1. The third-order valence-corrected chi connectivity index (χ3v) is 5.82. The molecule has 0 unspecified atom stereocenters. The molecule has 1 saturated heterocycles. The van der Waals surface area contributed by atoms with Gasteiger partial charge in [-0.25, -0.2) is 9.07 Å². The van der Waals surface area contributed by atoms with Gasteiger partial charge in [0.05, 0.1) is 0 Å². The first kappa shape index (κ1) is 17.9. The van der Waals surface area contributed by atoms with Gasteiger partial charge in [-0.15, -0.1) is 5.10 Å². The molecule has 0 spiro atoms. The zero-order valence-corrected chi connectivity index (χ0v) is 15.4. The highest BCUT2D eigenvalue weighted by Gasteiger charge is 2.31. The summed E-state index contributed by atoms with van der Waals surface area (Å²) < 4.78 is 14.9. The molecule has 0 bridgehead atoms. The van der Waals surface area contributed by atoms with Crippen molar-refractivity contribution in [1.29, 1.82) is 0 Å². The lowest BCUT2D eigenvalue weighted by Gasteiger charge is -2.38. The highest BCUT2D eigenvalue weighted by atomic mass is 19.1. The summed E-state index contributed by atoms with van der Waals surface area (Å²) in [5.41, 5.74) is 1.02. The predicted octanol–water partition coefficient (Wildman–Crippen LogP) is 1.97. The maximum Gasteiger partial charge on any atom is 0.225 e. The van der Waals surface area contributed by atoms with E-state index in [4.69, 9.17) is 0 Å². The van der Waals surface area contributed by atoms with Crippen molar-refractivity contribution < 1.29 is 9.18 Å². The van der Waals surface area contributed by atoms with Crippen LogP contribution in [0.1, 0.15) is 25.7 Å². The van der Waals surface area contributed by atoms with Crippen LogP contribution in [-0.4, -0.2) is 57.2 Å². The summed E-state index contributed by atoms with van der Waals surface area (Å²) in [6, 6.07) is 6.58. The molecule has 27 heavy (non-hydrogen) atoms. The number of anilines is 1. The van der Waals surface area contributed by atoms with E-state index in [1.807, 2.05) is 4.90 Å². The average molecular weight is 372 g/mol. The number of piperazine rings is 1. The fourth-order valence-electron chi connectivity index (χ4n) is 4.22. The summed E-state index contributed by atoms with van der Waals surface area (Å²) in [7, 11) is 0. The molecule has 2 aliphatic rings. The molecule has 1 saturated carbocycles. The Morgan fingerprint density at radius 1 is 1.04 bits per heavy atom. The lowest BCUT2D eigenvalue weighted by Crippen LogP contribution is -2.50. The second-order valence-electron chi connectivity index (χ2n) is 7.54. The Morgan fingerprint density at radius 3 is 2.37 bits per heavy atom. The minimum Gasteiger partial charge on any atom is -0.368 e. The van der Waals surface area contributed by atoms with Crippen LogP contribution < -0.4 is 4.90 Å². The van der Waals surface area contributed by atoms with Gasteiger partial charge >= 0.3 is 0 Å². The lowest BCUT2D eigenvalue weighted by atomic mass is 9.81. The van der Waals surface area contributed by atoms with E-state index < -0.39 is 0 Å². The largest absolute Gasteiger partial charge is 0.368 e. The van der Waals surface area contributed by atoms with Crippen LogP contribution in [0.3, 0.4) is 0 Å². The van der Waals surface area contributed by atoms with Crippen LogP contribution in [0.25, 0.3) is 0 Å². The minimum absolute atomic E-state index is 0.146. The van der Waals surface area contributed by atoms with Crippen LogP contribution in [0.2, 0.25) is 0 Å². The molecule has 0 N–H and O–H groups in total. The second kappa shape index (κ2) is 8.02. The molecular formula is C19H25FN6O. The molecule has 8 heteroatoms. The smallest absolute Gasteiger partial charge is 0.225 e. The standard InChI is InChI=1S/C19H25FN6O/c20-17-5-7-18(8-6-17)24-9-11-25(12-10-24)19(27)16-3-1-15(2-4-16)13-26-14-21-22-23-26/h5-8,14-16H,1-4,9-13H2. The van der Waals surface area contributed by atoms with Gasteiger partial charge in [0.2, 0.25) is 5.91 Å². The van der Waals surface area contributed by atoms with E-state index >= 15 is 0 Å². The maximum atomic E-state index is 13.1. The minimum atomic E-state index is -0.219. The van der Waals surface area contributed by atoms with E-state index in [1.165, 1.54) is 12.1 Å². The van der Waals surface area contributed by atoms with Crippen molar-refractivity contribution in [3.63, 3.8) is 0 Å². The van der Waals surface area contributed by atoms with Gasteiger partial charge in [0.15, 0.2) is 0 Å². The number of carbonyl (C=O) groups excluding carboxylic acids is 1. The van der Waals surface area contributed by atoms with Gasteiger partial charge < -0.3 is 9.80 Å². The molecule has 1 amide bonds. The lowest BCUT2D eigenvalue weighted by molar-refractivity contribution is -0.137. The van der Waals surface area contributed by atoms with Gasteiger partial charge in [0.25, 0.3) is 0 Å². The first-order valence-electron chi connectivity index (χ1n) is 9.69. The molecule has 1 aromatic carbocycles. The van der Waals surface area contributed by atoms with E-state index in [2.05, 4.69) is 20.4 Å². The Bertz CT molecular complexity index is 734. The Balaban J connectivity index is 1.24. The van der Waals surface area contributed by atoms with Crippen molar-refractivity contribution in [1.82, 2.24) is 25.1 Å². The zero-order valence-electron chi connectivity index (χ0n) is 15.4. The second-order valence-corrected chi connectivity index (χ2v) is 7.54. The molecular weight excluding hydrogens is 347 g/mol. The molecule has 1 aliphatic heterocycles. The van der Waals surface area contributed by atoms with Crippen molar-refractivity contribution in [2.75, 3.05) is 31.1 Å². The number of hydrogen-bond donors (Lipinski definition) is 0. The number of halogens is 1. The quantitative estimate of drug-likeness (QED) is 0.821. The number of amides is 1. The van der Waals surface area contributed by atoms with Gasteiger partial charge in [0, 0.05) is 44.3 Å². The third-order valence-electron chi connectivity index (χ3n) is 5.82. The number of carbonyl (C=O) groups is 1. The van der Waals surface area contributed by atoms with Gasteiger partial charge in [-0.3, -0.25) is 4.79 Å². The normalized spacial score (nSPS) is 23.4. The highest BCUT2D eigenvalue weighted by Crippen LogP contribution is 2.31. The molecule has 7 nitrogen and oxygen atoms in total. The molecule has 1 aromatic heterocycles. The fraction of sp³-hybridized carbons (Fsp3) is 0.579. The van der Waals surface area contributed by atoms with Crippen LogP contribution in [0.4, 0.5) is 10.1 Å². The Labute approximate surface area is 158 Å². The average Bonchev–Trinajstić information content (AvgIpc) is 3.22. The number of tetrazole rings is 1. The molecule has 4 rings (SSSR count). The summed E-state index contributed by atoms with van der Waals surface area (Å²) >= 11 is 0. The molecule has 144 valence electrons. The molecule has 0 radical (unpaired) electrons. The number of hydrogen-bond acceptors (Lipinski definition) is 5. The van der Waals surface area contributed by atoms with E-state index in [0.717, 1.165) is 64.1 Å². The summed E-state index contributed by atoms with van der Waals surface area (Å²) in [5.74, 6) is 0.776. The van der Waals surface area contributed by atoms with Crippen molar-refractivity contribution >= 4 is 11.6 Å². The highest BCUT2D eigenvalue weighted by molar-refractivity contribution is 5.79. The first-order valence-corrected chi connectivity index (χ1v) is 9.69. The third kappa shape index (κ3) is 4.26. The summed E-state index contributed by atoms with van der Waals surface area (Å²) in [4.78, 5) is 17.1. The molecule has 2 heterocycles. The van der Waals surface area contributed by atoms with E-state index in [1.54, 1.807) is 23.1 Å². The van der Waals surface area contributed by atoms with Gasteiger partial charge in [-0.05, 0) is 66.3 Å². The van der Waals surface area contributed by atoms with Crippen molar-refractivity contribution in [3.05, 3.63) is 36.4 Å². The monoisotopic (exact) mass is 372 g/mol. The van der Waals surface area contributed by atoms with E-state index in [9.17, 15) is 9.18 Å². The first-order chi connectivity index (χ1) is 13.2. The van der Waals surface area contributed by atoms with E-state index in [0.29, 0.717) is 11.8 Å². The molecule has 0 atom stereocenters. The van der Waals surface area contributed by atoms with Gasteiger partial charge in [-0.2, -0.15) is 0 Å². The molecule has 2 aromatic rings. The fourth-order valence-corrected chi connectivity index (χ4v) is 4.22. The van der Waals surface area contributed by atoms with Crippen molar-refractivity contribution in [2.24, 2.45) is 11.8 Å². The molecule has 2 fully saturated rings. The number of benzene rings is 1. The van der Waals surface area contributed by atoms with Crippen LogP contribution in [-0.2, 0) is 11.3 Å². The Kier molecular flexibility index (Phi) is 5.31. The van der Waals surface area contributed by atoms with Crippen LogP contribution >= 0.6 is 0 Å². The van der Waals surface area contributed by atoms with Crippen LogP contribution in [0.5, 0.6) is 0 Å². The number of rotatable bonds is 4. The van der Waals surface area contributed by atoms with Crippen LogP contribution in [0, 0.1) is 17.7 Å². The van der Waals surface area contributed by atoms with E-state index in [-0.39, 0.29) is 11.7 Å². The summed E-state index contributed by atoms with van der Waals surface area (Å²) in [6.45, 7) is 3.91. The predicted molar refractivity (Wildman–Crippen MR) is 98.5 cm³/mol. The number of nitrogens with zero attached hydrogens (tertiary/aromatic N) is 6. The van der Waals surface area contributed by atoms with Crippen molar-refractivity contribution in [2.45, 2.75) is 32.2 Å². The Morgan fingerprint density at radius 2 is 1.74 bits per heavy atom. The molecule has 1 aliphatic carbocycles. The van der Waals surface area contributed by atoms with Crippen LogP contribution in [0.15, 0.2) is 30.6 Å². The zero-order chi connectivity index (χ0) is 18.6. The Hall–Kier alpha value is -2.51. The number of aromatic nitrogens is 4. The van der Waals surface area contributed by atoms with Gasteiger partial charge in [-0.1, -0.05) is 0 Å². The summed E-state index contributed by atoms with van der Waals surface area (Å²) in [6.07, 6.45) is 5.64.